The van der Waals surface area contributed by atoms with Crippen LogP contribution < -0.4 is 15.4 Å². The number of hydrogen-bond acceptors (Lipinski definition) is 4. The van der Waals surface area contributed by atoms with Gasteiger partial charge in [0.05, 0.1) is 12.0 Å². The Morgan fingerprint density at radius 1 is 1.07 bits per heavy atom. The van der Waals surface area contributed by atoms with Gasteiger partial charge in [0.1, 0.15) is 5.75 Å². The molecule has 0 atom stereocenters. The third-order valence-electron chi connectivity index (χ3n) is 4.21. The Labute approximate surface area is 161 Å². The maximum absolute atomic E-state index is 11.5. The van der Waals surface area contributed by atoms with Crippen molar-refractivity contribution in [3.63, 3.8) is 0 Å². The number of nitrogens with zero attached hydrogens (tertiary/aromatic N) is 1. The van der Waals surface area contributed by atoms with Gasteiger partial charge in [0.25, 0.3) is 0 Å². The summed E-state index contributed by atoms with van der Waals surface area (Å²) in [6.07, 6.45) is 1.98. The fourth-order valence-electron chi connectivity index (χ4n) is 2.61. The predicted molar refractivity (Wildman–Crippen MR) is 109 cm³/mol. The van der Waals surface area contributed by atoms with Crippen LogP contribution in [0.3, 0.4) is 0 Å². The van der Waals surface area contributed by atoms with Gasteiger partial charge in [-0.05, 0) is 48.2 Å². The molecule has 0 spiro atoms. The van der Waals surface area contributed by atoms with Crippen LogP contribution in [-0.4, -0.2) is 41.3 Å². The van der Waals surface area contributed by atoms with Gasteiger partial charge < -0.3 is 15.4 Å². The molecule has 27 heavy (non-hydrogen) atoms. The molecule has 2 aromatic rings. The van der Waals surface area contributed by atoms with Crippen molar-refractivity contribution >= 4 is 15.8 Å². The van der Waals surface area contributed by atoms with Crippen molar-refractivity contribution in [2.45, 2.75) is 24.8 Å². The highest BCUT2D eigenvalue weighted by atomic mass is 32.2. The van der Waals surface area contributed by atoms with Gasteiger partial charge >= 0.3 is 0 Å². The molecule has 146 valence electrons. The number of benzene rings is 2. The molecule has 2 rings (SSSR count). The monoisotopic (exact) mass is 389 g/mol. The van der Waals surface area contributed by atoms with Gasteiger partial charge in [0, 0.05) is 26.4 Å². The third kappa shape index (κ3) is 6.29. The number of rotatable bonds is 7. The van der Waals surface area contributed by atoms with E-state index in [0.29, 0.717) is 23.9 Å². The van der Waals surface area contributed by atoms with E-state index in [1.165, 1.54) is 6.26 Å². The lowest BCUT2D eigenvalue weighted by Gasteiger charge is -2.13. The molecule has 0 radical (unpaired) electrons. The Morgan fingerprint density at radius 3 is 2.33 bits per heavy atom. The molecular weight excluding hydrogens is 362 g/mol. The van der Waals surface area contributed by atoms with E-state index in [4.69, 9.17) is 4.74 Å². The number of guanidine groups is 1. The van der Waals surface area contributed by atoms with E-state index in [0.717, 1.165) is 28.9 Å². The van der Waals surface area contributed by atoms with Crippen LogP contribution >= 0.6 is 0 Å². The molecule has 0 heterocycles. The molecule has 2 aromatic carbocycles. The molecule has 0 aliphatic heterocycles. The van der Waals surface area contributed by atoms with Gasteiger partial charge in [0.2, 0.25) is 0 Å². The van der Waals surface area contributed by atoms with Crippen molar-refractivity contribution in [1.82, 2.24) is 10.6 Å². The number of hydrogen-bond donors (Lipinski definition) is 2. The number of ether oxygens (including phenoxy) is 1. The molecular formula is C20H27N3O3S. The molecule has 0 saturated carbocycles. The summed E-state index contributed by atoms with van der Waals surface area (Å²) in [4.78, 5) is 4.56. The molecule has 6 nitrogen and oxygen atoms in total. The Morgan fingerprint density at radius 2 is 1.74 bits per heavy atom. The van der Waals surface area contributed by atoms with E-state index in [9.17, 15) is 8.42 Å². The van der Waals surface area contributed by atoms with E-state index in [-0.39, 0.29) is 0 Å². The lowest BCUT2D eigenvalue weighted by molar-refractivity contribution is 0.411. The van der Waals surface area contributed by atoms with Crippen LogP contribution in [-0.2, 0) is 22.8 Å². The number of nitrogens with one attached hydrogen (secondary N) is 2. The summed E-state index contributed by atoms with van der Waals surface area (Å²) in [5, 5.41) is 6.54. The smallest absolute Gasteiger partial charge is 0.191 e. The third-order valence-corrected chi connectivity index (χ3v) is 5.34. The molecule has 0 aromatic heterocycles. The summed E-state index contributed by atoms with van der Waals surface area (Å²) in [5.41, 5.74) is 3.27. The first-order chi connectivity index (χ1) is 12.8. The fraction of sp³-hybridized carbons (Fsp3) is 0.350. The van der Waals surface area contributed by atoms with Crippen molar-refractivity contribution in [1.29, 1.82) is 0 Å². The zero-order chi connectivity index (χ0) is 19.9. The van der Waals surface area contributed by atoms with Crippen molar-refractivity contribution in [2.75, 3.05) is 27.0 Å². The number of methoxy groups -OCH3 is 1. The molecule has 0 unspecified atom stereocenters. The van der Waals surface area contributed by atoms with Crippen molar-refractivity contribution in [3.8, 4) is 5.75 Å². The van der Waals surface area contributed by atoms with Crippen molar-refractivity contribution < 1.29 is 13.2 Å². The first-order valence-electron chi connectivity index (χ1n) is 8.70. The molecule has 0 aliphatic carbocycles. The van der Waals surface area contributed by atoms with Gasteiger partial charge in [0.15, 0.2) is 15.8 Å². The minimum Gasteiger partial charge on any atom is -0.496 e. The van der Waals surface area contributed by atoms with Crippen LogP contribution in [0.5, 0.6) is 5.75 Å². The standard InChI is InChI=1S/C20H27N3O3S/c1-15-5-6-17(13-19(15)26-3)14-23-20(21-2)22-12-11-16-7-9-18(10-8-16)27(4,24)25/h5-10,13H,11-12,14H2,1-4H3,(H2,21,22,23). The first-order valence-corrected chi connectivity index (χ1v) is 10.6. The molecule has 0 aliphatic rings. The maximum Gasteiger partial charge on any atom is 0.191 e. The highest BCUT2D eigenvalue weighted by Crippen LogP contribution is 2.18. The summed E-state index contributed by atoms with van der Waals surface area (Å²) in [5.74, 6) is 1.58. The molecule has 0 bridgehead atoms. The average molecular weight is 390 g/mol. The maximum atomic E-state index is 11.5. The highest BCUT2D eigenvalue weighted by molar-refractivity contribution is 7.90. The fourth-order valence-corrected chi connectivity index (χ4v) is 3.24. The Balaban J connectivity index is 1.84. The second kappa shape index (κ2) is 9.41. The summed E-state index contributed by atoms with van der Waals surface area (Å²) in [7, 11) is 0.245. The van der Waals surface area contributed by atoms with Gasteiger partial charge in [-0.3, -0.25) is 4.99 Å². The van der Waals surface area contributed by atoms with E-state index in [1.807, 2.05) is 31.2 Å². The van der Waals surface area contributed by atoms with Crippen LogP contribution in [0.2, 0.25) is 0 Å². The summed E-state index contributed by atoms with van der Waals surface area (Å²) in [6.45, 7) is 3.34. The molecule has 0 fully saturated rings. The SMILES string of the molecule is CN=C(NCCc1ccc(S(C)(=O)=O)cc1)NCc1ccc(C)c(OC)c1. The second-order valence-electron chi connectivity index (χ2n) is 6.32. The van der Waals surface area contributed by atoms with Crippen LogP contribution in [0.1, 0.15) is 16.7 Å². The topological polar surface area (TPSA) is 79.8 Å². The van der Waals surface area contributed by atoms with Gasteiger partial charge in [-0.1, -0.05) is 24.3 Å². The lowest BCUT2D eigenvalue weighted by Crippen LogP contribution is -2.37. The van der Waals surface area contributed by atoms with Crippen LogP contribution in [0, 0.1) is 6.92 Å². The van der Waals surface area contributed by atoms with E-state index >= 15 is 0 Å². The summed E-state index contributed by atoms with van der Waals surface area (Å²) < 4.78 is 28.3. The highest BCUT2D eigenvalue weighted by Gasteiger charge is 2.06. The number of aliphatic imine (C=N–C) groups is 1. The summed E-state index contributed by atoms with van der Waals surface area (Å²) >= 11 is 0. The van der Waals surface area contributed by atoms with Gasteiger partial charge in [-0.25, -0.2) is 8.42 Å². The van der Waals surface area contributed by atoms with Crippen molar-refractivity contribution in [3.05, 3.63) is 59.2 Å². The quantitative estimate of drug-likeness (QED) is 0.561. The number of sulfone groups is 1. The van der Waals surface area contributed by atoms with E-state index < -0.39 is 9.84 Å². The number of aryl methyl sites for hydroxylation is 1. The molecule has 0 saturated heterocycles. The van der Waals surface area contributed by atoms with Crippen LogP contribution in [0.4, 0.5) is 0 Å². The first kappa shape index (κ1) is 20.8. The molecule has 7 heteroatoms. The zero-order valence-electron chi connectivity index (χ0n) is 16.2. The predicted octanol–water partition coefficient (Wildman–Crippen LogP) is 2.31. The lowest BCUT2D eigenvalue weighted by atomic mass is 10.1. The van der Waals surface area contributed by atoms with Crippen molar-refractivity contribution in [2.24, 2.45) is 4.99 Å². The van der Waals surface area contributed by atoms with E-state index in [1.54, 1.807) is 26.3 Å². The van der Waals surface area contributed by atoms with E-state index in [2.05, 4.69) is 21.7 Å². The zero-order valence-corrected chi connectivity index (χ0v) is 17.1. The van der Waals surface area contributed by atoms with Crippen LogP contribution in [0.25, 0.3) is 0 Å². The Kier molecular flexibility index (Phi) is 7.24. The minimum atomic E-state index is -3.15. The Hall–Kier alpha value is -2.54. The normalized spacial score (nSPS) is 11.9. The average Bonchev–Trinajstić information content (AvgIpc) is 2.65. The Bertz CT molecular complexity index is 891. The second-order valence-corrected chi connectivity index (χ2v) is 8.34. The summed E-state index contributed by atoms with van der Waals surface area (Å²) in [6, 6.07) is 13.1. The van der Waals surface area contributed by atoms with Gasteiger partial charge in [-0.2, -0.15) is 0 Å². The van der Waals surface area contributed by atoms with Gasteiger partial charge in [-0.15, -0.1) is 0 Å². The van der Waals surface area contributed by atoms with Crippen LogP contribution in [0.15, 0.2) is 52.4 Å². The largest absolute Gasteiger partial charge is 0.496 e. The molecule has 0 amide bonds. The minimum absolute atomic E-state index is 0.338. The molecule has 2 N–H and O–H groups in total.